The molecule has 3 nitrogen and oxygen atoms in total. The summed E-state index contributed by atoms with van der Waals surface area (Å²) in [6, 6.07) is 4.87. The molecule has 0 bridgehead atoms. The summed E-state index contributed by atoms with van der Waals surface area (Å²) in [6.45, 7) is 11.1. The molecule has 1 aliphatic carbocycles. The van der Waals surface area contributed by atoms with Crippen LogP contribution in [0.25, 0.3) is 0 Å². The highest BCUT2D eigenvalue weighted by molar-refractivity contribution is 5.49. The third kappa shape index (κ3) is 3.44. The lowest BCUT2D eigenvalue weighted by Gasteiger charge is -2.39. The molecular formula is C17H29N3. The lowest BCUT2D eigenvalue weighted by molar-refractivity contribution is 0.217. The molecule has 112 valence electrons. The van der Waals surface area contributed by atoms with E-state index < -0.39 is 0 Å². The summed E-state index contributed by atoms with van der Waals surface area (Å²) in [5, 5.41) is 3.69. The highest BCUT2D eigenvalue weighted by atomic mass is 15.2. The number of pyridine rings is 1. The maximum Gasteiger partial charge on any atom is 0.128 e. The maximum absolute atomic E-state index is 4.60. The van der Waals surface area contributed by atoms with E-state index in [9.17, 15) is 0 Å². The Hall–Kier alpha value is -1.25. The zero-order valence-corrected chi connectivity index (χ0v) is 13.4. The van der Waals surface area contributed by atoms with Crippen molar-refractivity contribution in [2.24, 2.45) is 5.41 Å². The number of aromatic nitrogens is 1. The first-order valence-corrected chi connectivity index (χ1v) is 8.04. The average Bonchev–Trinajstić information content (AvgIpc) is 2.44. The van der Waals surface area contributed by atoms with Crippen molar-refractivity contribution in [1.29, 1.82) is 0 Å². The molecule has 1 atom stereocenters. The fraction of sp³-hybridized carbons (Fsp3) is 0.706. The molecule has 1 fully saturated rings. The molecule has 1 heterocycles. The highest BCUT2D eigenvalue weighted by Crippen LogP contribution is 2.37. The Morgan fingerprint density at radius 2 is 2.00 bits per heavy atom. The predicted molar refractivity (Wildman–Crippen MR) is 87.5 cm³/mol. The third-order valence-electron chi connectivity index (χ3n) is 4.68. The number of nitrogens with one attached hydrogen (secondary N) is 1. The van der Waals surface area contributed by atoms with Crippen LogP contribution in [0.1, 0.15) is 53.4 Å². The van der Waals surface area contributed by atoms with Crippen molar-refractivity contribution >= 4 is 11.5 Å². The van der Waals surface area contributed by atoms with Crippen molar-refractivity contribution < 1.29 is 0 Å². The molecule has 0 aromatic carbocycles. The summed E-state index contributed by atoms with van der Waals surface area (Å²) < 4.78 is 0. The monoisotopic (exact) mass is 275 g/mol. The molecule has 1 aromatic heterocycles. The van der Waals surface area contributed by atoms with Crippen molar-refractivity contribution in [2.45, 2.75) is 59.4 Å². The van der Waals surface area contributed by atoms with Gasteiger partial charge < -0.3 is 10.2 Å². The summed E-state index contributed by atoms with van der Waals surface area (Å²) >= 11 is 0. The average molecular weight is 275 g/mol. The van der Waals surface area contributed by atoms with E-state index in [1.54, 1.807) is 0 Å². The summed E-state index contributed by atoms with van der Waals surface area (Å²) in [5.74, 6) is 1.07. The van der Waals surface area contributed by atoms with E-state index in [2.05, 4.69) is 55.0 Å². The second-order valence-corrected chi connectivity index (χ2v) is 6.51. The summed E-state index contributed by atoms with van der Waals surface area (Å²) in [4.78, 5) is 6.87. The summed E-state index contributed by atoms with van der Waals surface area (Å²) in [6.07, 6.45) is 7.27. The first-order chi connectivity index (χ1) is 9.56. The Morgan fingerprint density at radius 3 is 2.55 bits per heavy atom. The minimum absolute atomic E-state index is 0.385. The molecule has 1 aromatic rings. The van der Waals surface area contributed by atoms with Crippen molar-refractivity contribution in [3.63, 3.8) is 0 Å². The molecular weight excluding hydrogens is 246 g/mol. The molecule has 2 rings (SSSR count). The van der Waals surface area contributed by atoms with Gasteiger partial charge in [-0.05, 0) is 44.2 Å². The van der Waals surface area contributed by atoms with Crippen molar-refractivity contribution in [3.05, 3.63) is 18.3 Å². The molecule has 20 heavy (non-hydrogen) atoms. The largest absolute Gasteiger partial charge is 0.381 e. The number of hydrogen-bond donors (Lipinski definition) is 1. The van der Waals surface area contributed by atoms with Crippen molar-refractivity contribution in [2.75, 3.05) is 23.3 Å². The summed E-state index contributed by atoms with van der Waals surface area (Å²) in [5.41, 5.74) is 1.54. The van der Waals surface area contributed by atoms with Crippen LogP contribution in [-0.4, -0.2) is 24.1 Å². The standard InChI is InChI=1S/C17H29N3/c1-5-20(6-2)16-11-10-14(13-18-16)19-15-9-7-8-12-17(15,3)4/h10-11,13,15,19H,5-9,12H2,1-4H3. The minimum Gasteiger partial charge on any atom is -0.381 e. The molecule has 0 radical (unpaired) electrons. The fourth-order valence-corrected chi connectivity index (χ4v) is 3.17. The fourth-order valence-electron chi connectivity index (χ4n) is 3.17. The quantitative estimate of drug-likeness (QED) is 0.868. The van der Waals surface area contributed by atoms with Gasteiger partial charge in [-0.1, -0.05) is 26.7 Å². The van der Waals surface area contributed by atoms with Gasteiger partial charge in [-0.15, -0.1) is 0 Å². The van der Waals surface area contributed by atoms with Crippen LogP contribution in [0.15, 0.2) is 18.3 Å². The van der Waals surface area contributed by atoms with Crippen molar-refractivity contribution in [1.82, 2.24) is 4.98 Å². The second-order valence-electron chi connectivity index (χ2n) is 6.51. The second kappa shape index (κ2) is 6.47. The van der Waals surface area contributed by atoms with Crippen molar-refractivity contribution in [3.8, 4) is 0 Å². The molecule has 0 spiro atoms. The van der Waals surface area contributed by atoms with Crippen LogP contribution >= 0.6 is 0 Å². The molecule has 0 saturated heterocycles. The molecule has 1 aliphatic rings. The van der Waals surface area contributed by atoms with Gasteiger partial charge in [0, 0.05) is 19.1 Å². The van der Waals surface area contributed by atoms with Gasteiger partial charge in [-0.25, -0.2) is 4.98 Å². The van der Waals surface area contributed by atoms with Gasteiger partial charge in [0.05, 0.1) is 11.9 Å². The molecule has 0 amide bonds. The minimum atomic E-state index is 0.385. The van der Waals surface area contributed by atoms with E-state index in [1.165, 1.54) is 25.7 Å². The van der Waals surface area contributed by atoms with E-state index in [-0.39, 0.29) is 0 Å². The smallest absolute Gasteiger partial charge is 0.128 e. The number of anilines is 2. The van der Waals surface area contributed by atoms with Gasteiger partial charge in [0.1, 0.15) is 5.82 Å². The maximum atomic E-state index is 4.60. The van der Waals surface area contributed by atoms with E-state index in [4.69, 9.17) is 0 Å². The Morgan fingerprint density at radius 1 is 1.25 bits per heavy atom. The van der Waals surface area contributed by atoms with Gasteiger partial charge in [-0.2, -0.15) is 0 Å². The third-order valence-corrected chi connectivity index (χ3v) is 4.68. The summed E-state index contributed by atoms with van der Waals surface area (Å²) in [7, 11) is 0. The first-order valence-electron chi connectivity index (χ1n) is 8.04. The zero-order valence-electron chi connectivity index (χ0n) is 13.4. The normalized spacial score (nSPS) is 21.5. The zero-order chi connectivity index (χ0) is 14.6. The van der Waals surface area contributed by atoms with E-state index in [0.717, 1.165) is 24.6 Å². The Balaban J connectivity index is 2.03. The van der Waals surface area contributed by atoms with Gasteiger partial charge in [-0.3, -0.25) is 0 Å². The van der Waals surface area contributed by atoms with Gasteiger partial charge in [0.2, 0.25) is 0 Å². The Labute approximate surface area is 123 Å². The molecule has 0 aliphatic heterocycles. The SMILES string of the molecule is CCN(CC)c1ccc(NC2CCCCC2(C)C)cn1. The van der Waals surface area contributed by atoms with Crippen LogP contribution in [0.3, 0.4) is 0 Å². The molecule has 1 unspecified atom stereocenters. The molecule has 1 N–H and O–H groups in total. The van der Waals surface area contributed by atoms with Crippen LogP contribution in [0.2, 0.25) is 0 Å². The van der Waals surface area contributed by atoms with Gasteiger partial charge >= 0.3 is 0 Å². The van der Waals surface area contributed by atoms with Crippen LogP contribution in [0, 0.1) is 5.41 Å². The highest BCUT2D eigenvalue weighted by Gasteiger charge is 2.31. The van der Waals surface area contributed by atoms with Gasteiger partial charge in [0.25, 0.3) is 0 Å². The molecule has 1 saturated carbocycles. The van der Waals surface area contributed by atoms with Gasteiger partial charge in [0.15, 0.2) is 0 Å². The van der Waals surface area contributed by atoms with Crippen LogP contribution < -0.4 is 10.2 Å². The lowest BCUT2D eigenvalue weighted by atomic mass is 9.73. The van der Waals surface area contributed by atoms with E-state index in [1.807, 2.05) is 6.20 Å². The number of hydrogen-bond acceptors (Lipinski definition) is 3. The number of nitrogens with zero attached hydrogens (tertiary/aromatic N) is 2. The van der Waals surface area contributed by atoms with Crippen LogP contribution in [0.4, 0.5) is 11.5 Å². The van der Waals surface area contributed by atoms with E-state index in [0.29, 0.717) is 11.5 Å². The topological polar surface area (TPSA) is 28.2 Å². The van der Waals surface area contributed by atoms with E-state index >= 15 is 0 Å². The predicted octanol–water partition coefficient (Wildman–Crippen LogP) is 4.31. The lowest BCUT2D eigenvalue weighted by Crippen LogP contribution is -2.38. The Kier molecular flexibility index (Phi) is 4.90. The Bertz CT molecular complexity index is 407. The van der Waals surface area contributed by atoms with Crippen LogP contribution in [-0.2, 0) is 0 Å². The number of rotatable bonds is 5. The first kappa shape index (κ1) is 15.1. The molecule has 3 heteroatoms. The van der Waals surface area contributed by atoms with Crippen LogP contribution in [0.5, 0.6) is 0 Å².